The van der Waals surface area contributed by atoms with Crippen LogP contribution in [0.5, 0.6) is 5.75 Å². The van der Waals surface area contributed by atoms with Crippen LogP contribution in [0.15, 0.2) is 55.1 Å². The molecule has 0 saturated carbocycles. The molecule has 0 bridgehead atoms. The molecule has 0 heterocycles. The minimum atomic E-state index is -3.03. The lowest BCUT2D eigenvalue weighted by atomic mass is 10.0. The molecular weight excluding hydrogens is 301 g/mol. The van der Waals surface area contributed by atoms with Crippen molar-refractivity contribution in [3.63, 3.8) is 0 Å². The van der Waals surface area contributed by atoms with Gasteiger partial charge in [0.25, 0.3) is 0 Å². The van der Waals surface area contributed by atoms with Crippen molar-refractivity contribution in [1.82, 2.24) is 0 Å². The molecule has 0 fully saturated rings. The van der Waals surface area contributed by atoms with Gasteiger partial charge in [0, 0.05) is 0 Å². The van der Waals surface area contributed by atoms with Crippen LogP contribution in [0.3, 0.4) is 0 Å². The SMILES string of the molecule is C=CCCCCc1ccc(-c2ccc(OC(F)F)c(F)c2)cc1. The van der Waals surface area contributed by atoms with Crippen LogP contribution in [-0.4, -0.2) is 6.61 Å². The Labute approximate surface area is 134 Å². The third-order valence-corrected chi connectivity index (χ3v) is 3.56. The average Bonchev–Trinajstić information content (AvgIpc) is 2.54. The Morgan fingerprint density at radius 1 is 1.00 bits per heavy atom. The molecule has 0 spiro atoms. The molecule has 0 saturated heterocycles. The van der Waals surface area contributed by atoms with E-state index in [0.717, 1.165) is 31.2 Å². The summed E-state index contributed by atoms with van der Waals surface area (Å²) in [4.78, 5) is 0. The van der Waals surface area contributed by atoms with Crippen molar-refractivity contribution in [2.75, 3.05) is 0 Å². The highest BCUT2D eigenvalue weighted by Crippen LogP contribution is 2.27. The predicted molar refractivity (Wildman–Crippen MR) is 86.2 cm³/mol. The fourth-order valence-corrected chi connectivity index (χ4v) is 2.35. The molecule has 0 radical (unpaired) electrons. The molecule has 0 unspecified atom stereocenters. The number of rotatable bonds is 8. The maximum Gasteiger partial charge on any atom is 0.387 e. The van der Waals surface area contributed by atoms with Gasteiger partial charge in [0.05, 0.1) is 0 Å². The van der Waals surface area contributed by atoms with Gasteiger partial charge in [-0.15, -0.1) is 6.58 Å². The number of unbranched alkanes of at least 4 members (excludes halogenated alkanes) is 2. The summed E-state index contributed by atoms with van der Waals surface area (Å²) in [6, 6.07) is 11.8. The van der Waals surface area contributed by atoms with Crippen LogP contribution < -0.4 is 4.74 Å². The third-order valence-electron chi connectivity index (χ3n) is 3.56. The van der Waals surface area contributed by atoms with Crippen LogP contribution in [0, 0.1) is 5.82 Å². The van der Waals surface area contributed by atoms with Crippen molar-refractivity contribution in [3.8, 4) is 16.9 Å². The second-order valence-corrected chi connectivity index (χ2v) is 5.26. The minimum absolute atomic E-state index is 0.442. The van der Waals surface area contributed by atoms with Gasteiger partial charge in [-0.3, -0.25) is 0 Å². The molecule has 2 aromatic carbocycles. The number of hydrogen-bond acceptors (Lipinski definition) is 1. The molecule has 0 aliphatic carbocycles. The summed E-state index contributed by atoms with van der Waals surface area (Å²) in [6.07, 6.45) is 6.13. The number of allylic oxidation sites excluding steroid dienone is 1. The summed E-state index contributed by atoms with van der Waals surface area (Å²) in [5.74, 6) is -1.24. The van der Waals surface area contributed by atoms with Gasteiger partial charge in [-0.2, -0.15) is 8.78 Å². The maximum atomic E-state index is 13.7. The van der Waals surface area contributed by atoms with Gasteiger partial charge in [-0.25, -0.2) is 4.39 Å². The summed E-state index contributed by atoms with van der Waals surface area (Å²) in [5.41, 5.74) is 2.68. The number of ether oxygens (including phenoxy) is 1. The summed E-state index contributed by atoms with van der Waals surface area (Å²) in [5, 5.41) is 0. The first-order valence-electron chi connectivity index (χ1n) is 7.54. The Bertz CT molecular complexity index is 636. The summed E-state index contributed by atoms with van der Waals surface area (Å²) in [6.45, 7) is 0.667. The monoisotopic (exact) mass is 320 g/mol. The highest BCUT2D eigenvalue weighted by atomic mass is 19.3. The molecule has 2 rings (SSSR count). The molecule has 23 heavy (non-hydrogen) atoms. The van der Waals surface area contributed by atoms with E-state index in [2.05, 4.69) is 11.3 Å². The molecule has 0 N–H and O–H groups in total. The Morgan fingerprint density at radius 3 is 2.30 bits per heavy atom. The number of alkyl halides is 2. The Balaban J connectivity index is 2.04. The maximum absolute atomic E-state index is 13.7. The molecule has 0 aliphatic rings. The highest BCUT2D eigenvalue weighted by Gasteiger charge is 2.11. The predicted octanol–water partition coefficient (Wildman–Crippen LogP) is 5.99. The van der Waals surface area contributed by atoms with E-state index in [1.54, 1.807) is 6.07 Å². The van der Waals surface area contributed by atoms with Gasteiger partial charge in [0.2, 0.25) is 0 Å². The van der Waals surface area contributed by atoms with Crippen molar-refractivity contribution in [1.29, 1.82) is 0 Å². The van der Waals surface area contributed by atoms with Crippen molar-refractivity contribution in [3.05, 3.63) is 66.5 Å². The van der Waals surface area contributed by atoms with Crippen LogP contribution >= 0.6 is 0 Å². The summed E-state index contributed by atoms with van der Waals surface area (Å²) < 4.78 is 42.1. The van der Waals surface area contributed by atoms with Gasteiger partial charge in [0.15, 0.2) is 11.6 Å². The van der Waals surface area contributed by atoms with Crippen LogP contribution in [0.2, 0.25) is 0 Å². The fourth-order valence-electron chi connectivity index (χ4n) is 2.35. The first-order chi connectivity index (χ1) is 11.1. The number of hydrogen-bond donors (Lipinski definition) is 0. The van der Waals surface area contributed by atoms with Crippen molar-refractivity contribution in [2.45, 2.75) is 32.3 Å². The van der Waals surface area contributed by atoms with E-state index in [4.69, 9.17) is 0 Å². The van der Waals surface area contributed by atoms with Gasteiger partial charge in [0.1, 0.15) is 0 Å². The fraction of sp³-hybridized carbons (Fsp3) is 0.263. The lowest BCUT2D eigenvalue weighted by molar-refractivity contribution is -0.0521. The largest absolute Gasteiger partial charge is 0.432 e. The standard InChI is InChI=1S/C19H19F3O/c1-2-3-4-5-6-14-7-9-15(10-8-14)16-11-12-18(17(20)13-16)23-19(21)22/h2,7-13,19H,1,3-6H2. The zero-order valence-electron chi connectivity index (χ0n) is 12.8. The van der Waals surface area contributed by atoms with Crippen molar-refractivity contribution < 1.29 is 17.9 Å². The van der Waals surface area contributed by atoms with Gasteiger partial charge in [-0.05, 0) is 54.5 Å². The molecule has 0 aliphatic heterocycles. The van der Waals surface area contributed by atoms with E-state index in [-0.39, 0.29) is 0 Å². The normalized spacial score (nSPS) is 10.8. The molecule has 0 aromatic heterocycles. The van der Waals surface area contributed by atoms with E-state index in [9.17, 15) is 13.2 Å². The zero-order chi connectivity index (χ0) is 16.7. The van der Waals surface area contributed by atoms with Crippen molar-refractivity contribution >= 4 is 0 Å². The lowest BCUT2D eigenvalue weighted by Crippen LogP contribution is -2.03. The molecule has 122 valence electrons. The number of aryl methyl sites for hydroxylation is 1. The molecule has 0 atom stereocenters. The van der Waals surface area contributed by atoms with Crippen LogP contribution in [0.25, 0.3) is 11.1 Å². The van der Waals surface area contributed by atoms with Gasteiger partial charge >= 0.3 is 6.61 Å². The first kappa shape index (κ1) is 17.1. The lowest BCUT2D eigenvalue weighted by Gasteiger charge is -2.08. The number of halogens is 3. The average molecular weight is 320 g/mol. The molecule has 1 nitrogen and oxygen atoms in total. The summed E-state index contributed by atoms with van der Waals surface area (Å²) in [7, 11) is 0. The van der Waals surface area contributed by atoms with Crippen molar-refractivity contribution in [2.24, 2.45) is 0 Å². The third kappa shape index (κ3) is 5.16. The first-order valence-corrected chi connectivity index (χ1v) is 7.54. The van der Waals surface area contributed by atoms with E-state index in [1.807, 2.05) is 30.3 Å². The van der Waals surface area contributed by atoms with E-state index < -0.39 is 18.2 Å². The Kier molecular flexibility index (Phi) is 6.27. The van der Waals surface area contributed by atoms with Gasteiger partial charge < -0.3 is 4.74 Å². The van der Waals surface area contributed by atoms with Crippen LogP contribution in [-0.2, 0) is 6.42 Å². The summed E-state index contributed by atoms with van der Waals surface area (Å²) >= 11 is 0. The minimum Gasteiger partial charge on any atom is -0.432 e. The quantitative estimate of drug-likeness (QED) is 0.428. The molecule has 4 heteroatoms. The van der Waals surface area contributed by atoms with E-state index in [1.165, 1.54) is 17.7 Å². The van der Waals surface area contributed by atoms with Crippen LogP contribution in [0.1, 0.15) is 24.8 Å². The highest BCUT2D eigenvalue weighted by molar-refractivity contribution is 5.64. The Hall–Kier alpha value is -2.23. The number of benzene rings is 2. The second-order valence-electron chi connectivity index (χ2n) is 5.26. The van der Waals surface area contributed by atoms with E-state index >= 15 is 0 Å². The van der Waals surface area contributed by atoms with Crippen LogP contribution in [0.4, 0.5) is 13.2 Å². The molecule has 0 amide bonds. The topological polar surface area (TPSA) is 9.23 Å². The smallest absolute Gasteiger partial charge is 0.387 e. The molecule has 2 aromatic rings. The second kappa shape index (κ2) is 8.42. The zero-order valence-corrected chi connectivity index (χ0v) is 12.8. The van der Waals surface area contributed by atoms with Gasteiger partial charge in [-0.1, -0.05) is 36.4 Å². The van der Waals surface area contributed by atoms with E-state index in [0.29, 0.717) is 5.56 Å². The molecular formula is C19H19F3O. The Morgan fingerprint density at radius 2 is 1.70 bits per heavy atom.